The molecule has 1 saturated heterocycles. The van der Waals surface area contributed by atoms with Gasteiger partial charge in [0.2, 0.25) is 0 Å². The van der Waals surface area contributed by atoms with Gasteiger partial charge in [0.1, 0.15) is 0 Å². The average Bonchev–Trinajstić information content (AvgIpc) is 2.41. The number of aliphatic carboxylic acids is 1. The molecule has 1 aliphatic heterocycles. The van der Waals surface area contributed by atoms with Crippen LogP contribution >= 0.6 is 0 Å². The van der Waals surface area contributed by atoms with Crippen molar-refractivity contribution in [3.63, 3.8) is 0 Å². The molecule has 2 amide bonds. The predicted molar refractivity (Wildman–Crippen MR) is 74.7 cm³/mol. The highest BCUT2D eigenvalue weighted by Gasteiger charge is 2.19. The van der Waals surface area contributed by atoms with Crippen LogP contribution in [0.2, 0.25) is 0 Å². The molecule has 7 heteroatoms. The van der Waals surface area contributed by atoms with Crippen molar-refractivity contribution in [2.45, 2.75) is 25.9 Å². The summed E-state index contributed by atoms with van der Waals surface area (Å²) in [5.74, 6) is -1.40. The van der Waals surface area contributed by atoms with Gasteiger partial charge >= 0.3 is 12.0 Å². The van der Waals surface area contributed by atoms with Crippen LogP contribution in [0.4, 0.5) is 4.79 Å². The summed E-state index contributed by atoms with van der Waals surface area (Å²) in [6, 6.07) is -0.343. The van der Waals surface area contributed by atoms with Crippen LogP contribution < -0.4 is 10.6 Å². The molecule has 0 saturated carbocycles. The van der Waals surface area contributed by atoms with E-state index in [1.54, 1.807) is 0 Å². The number of morpholine rings is 1. The normalized spacial score (nSPS) is 21.2. The van der Waals surface area contributed by atoms with E-state index in [0.717, 1.165) is 19.5 Å². The molecule has 0 radical (unpaired) electrons. The number of ether oxygens (including phenoxy) is 1. The minimum Gasteiger partial charge on any atom is -0.481 e. The van der Waals surface area contributed by atoms with Crippen LogP contribution in [0, 0.1) is 5.92 Å². The first-order valence-corrected chi connectivity index (χ1v) is 7.07. The van der Waals surface area contributed by atoms with E-state index < -0.39 is 11.9 Å². The number of hydrogen-bond acceptors (Lipinski definition) is 4. The standard InChI is InChI=1S/C13H25N3O4/c1-3-4-10(12(17)18)7-14-13(19)15-8-11-9-16(2)5-6-20-11/h10-11H,3-9H2,1-2H3,(H,17,18)(H2,14,15,19). The Bertz CT molecular complexity index is 325. The molecule has 0 aromatic heterocycles. The Morgan fingerprint density at radius 3 is 2.80 bits per heavy atom. The number of carboxylic acid groups (broad SMARTS) is 1. The number of carboxylic acids is 1. The molecule has 0 bridgehead atoms. The van der Waals surface area contributed by atoms with Gasteiger partial charge in [-0.15, -0.1) is 0 Å². The molecule has 0 aromatic carbocycles. The van der Waals surface area contributed by atoms with Gasteiger partial charge in [-0.05, 0) is 13.5 Å². The molecule has 2 atom stereocenters. The van der Waals surface area contributed by atoms with Gasteiger partial charge in [-0.25, -0.2) is 4.79 Å². The maximum atomic E-state index is 11.6. The van der Waals surface area contributed by atoms with E-state index in [0.29, 0.717) is 19.6 Å². The van der Waals surface area contributed by atoms with Crippen molar-refractivity contribution in [1.29, 1.82) is 0 Å². The Labute approximate surface area is 119 Å². The van der Waals surface area contributed by atoms with Crippen LogP contribution in [-0.4, -0.2) is 67.9 Å². The van der Waals surface area contributed by atoms with Crippen LogP contribution in [0.1, 0.15) is 19.8 Å². The summed E-state index contributed by atoms with van der Waals surface area (Å²) in [5, 5.41) is 14.3. The minimum absolute atomic E-state index is 0.00888. The van der Waals surface area contributed by atoms with E-state index in [1.807, 2.05) is 14.0 Å². The summed E-state index contributed by atoms with van der Waals surface area (Å²) in [5.41, 5.74) is 0. The second-order valence-corrected chi connectivity index (χ2v) is 5.17. The highest BCUT2D eigenvalue weighted by molar-refractivity contribution is 5.75. The Kier molecular flexibility index (Phi) is 7.32. The summed E-state index contributed by atoms with van der Waals surface area (Å²) < 4.78 is 5.52. The highest BCUT2D eigenvalue weighted by Crippen LogP contribution is 2.05. The molecule has 1 aliphatic rings. The van der Waals surface area contributed by atoms with Crippen molar-refractivity contribution in [3.8, 4) is 0 Å². The lowest BCUT2D eigenvalue weighted by atomic mass is 10.0. The van der Waals surface area contributed by atoms with Crippen LogP contribution in [0.25, 0.3) is 0 Å². The fraction of sp³-hybridized carbons (Fsp3) is 0.846. The number of carbonyl (C=O) groups excluding carboxylic acids is 1. The maximum absolute atomic E-state index is 11.6. The van der Waals surface area contributed by atoms with Crippen LogP contribution in [-0.2, 0) is 9.53 Å². The van der Waals surface area contributed by atoms with Crippen molar-refractivity contribution >= 4 is 12.0 Å². The summed E-state index contributed by atoms with van der Waals surface area (Å²) in [7, 11) is 2.01. The first-order valence-electron chi connectivity index (χ1n) is 7.07. The zero-order valence-corrected chi connectivity index (χ0v) is 12.2. The third kappa shape index (κ3) is 6.21. The van der Waals surface area contributed by atoms with Crippen molar-refractivity contribution in [1.82, 2.24) is 15.5 Å². The summed E-state index contributed by atoms with van der Waals surface area (Å²) in [6.07, 6.45) is 1.33. The lowest BCUT2D eigenvalue weighted by molar-refractivity contribution is -0.141. The number of likely N-dealkylation sites (N-methyl/N-ethyl adjacent to an activating group) is 1. The topological polar surface area (TPSA) is 90.9 Å². The van der Waals surface area contributed by atoms with E-state index in [2.05, 4.69) is 15.5 Å². The van der Waals surface area contributed by atoms with Crippen LogP contribution in [0.3, 0.4) is 0 Å². The summed E-state index contributed by atoms with van der Waals surface area (Å²) in [4.78, 5) is 24.7. The first-order chi connectivity index (χ1) is 9.52. The van der Waals surface area contributed by atoms with Gasteiger partial charge in [0.15, 0.2) is 0 Å². The quantitative estimate of drug-likeness (QED) is 0.618. The second-order valence-electron chi connectivity index (χ2n) is 5.17. The number of urea groups is 1. The van der Waals surface area contributed by atoms with Gasteiger partial charge < -0.3 is 25.4 Å². The lowest BCUT2D eigenvalue weighted by Gasteiger charge is -2.30. The van der Waals surface area contributed by atoms with E-state index in [-0.39, 0.29) is 18.7 Å². The number of carbonyl (C=O) groups is 2. The van der Waals surface area contributed by atoms with Gasteiger partial charge in [-0.2, -0.15) is 0 Å². The maximum Gasteiger partial charge on any atom is 0.314 e. The lowest BCUT2D eigenvalue weighted by Crippen LogP contribution is -2.48. The fourth-order valence-electron chi connectivity index (χ4n) is 2.14. The van der Waals surface area contributed by atoms with E-state index in [4.69, 9.17) is 9.84 Å². The van der Waals surface area contributed by atoms with Gasteiger partial charge in [-0.3, -0.25) is 4.79 Å². The molecule has 20 heavy (non-hydrogen) atoms. The summed E-state index contributed by atoms with van der Waals surface area (Å²) >= 11 is 0. The van der Waals surface area contributed by atoms with Gasteiger partial charge in [0, 0.05) is 26.2 Å². The monoisotopic (exact) mass is 287 g/mol. The Balaban J connectivity index is 2.20. The number of hydrogen-bond donors (Lipinski definition) is 3. The summed E-state index contributed by atoms with van der Waals surface area (Å²) in [6.45, 7) is 4.87. The Morgan fingerprint density at radius 2 is 2.20 bits per heavy atom. The third-order valence-electron chi connectivity index (χ3n) is 3.33. The Hall–Kier alpha value is -1.34. The predicted octanol–water partition coefficient (Wildman–Crippen LogP) is 0.117. The zero-order chi connectivity index (χ0) is 15.0. The number of nitrogens with zero attached hydrogens (tertiary/aromatic N) is 1. The van der Waals surface area contributed by atoms with Crippen molar-refractivity contribution < 1.29 is 19.4 Å². The molecule has 1 fully saturated rings. The third-order valence-corrected chi connectivity index (χ3v) is 3.33. The molecule has 1 rings (SSSR count). The van der Waals surface area contributed by atoms with Gasteiger partial charge in [0.25, 0.3) is 0 Å². The first kappa shape index (κ1) is 16.7. The largest absolute Gasteiger partial charge is 0.481 e. The molecule has 0 aromatic rings. The van der Waals surface area contributed by atoms with E-state index in [1.165, 1.54) is 0 Å². The molecule has 0 spiro atoms. The smallest absolute Gasteiger partial charge is 0.314 e. The molecule has 0 aliphatic carbocycles. The zero-order valence-electron chi connectivity index (χ0n) is 12.2. The number of nitrogens with one attached hydrogen (secondary N) is 2. The average molecular weight is 287 g/mol. The van der Waals surface area contributed by atoms with Crippen molar-refractivity contribution in [2.75, 3.05) is 39.8 Å². The SMILES string of the molecule is CCCC(CNC(=O)NCC1CN(C)CCO1)C(=O)O. The minimum atomic E-state index is -0.871. The number of amides is 2. The van der Waals surface area contributed by atoms with E-state index in [9.17, 15) is 9.59 Å². The molecule has 1 heterocycles. The van der Waals surface area contributed by atoms with Crippen LogP contribution in [0.5, 0.6) is 0 Å². The second kappa shape index (κ2) is 8.76. The Morgan fingerprint density at radius 1 is 1.45 bits per heavy atom. The van der Waals surface area contributed by atoms with Crippen molar-refractivity contribution in [3.05, 3.63) is 0 Å². The van der Waals surface area contributed by atoms with Gasteiger partial charge in [0.05, 0.1) is 18.6 Å². The molecule has 3 N–H and O–H groups in total. The van der Waals surface area contributed by atoms with Crippen molar-refractivity contribution in [2.24, 2.45) is 5.92 Å². The van der Waals surface area contributed by atoms with Gasteiger partial charge in [-0.1, -0.05) is 13.3 Å². The highest BCUT2D eigenvalue weighted by atomic mass is 16.5. The van der Waals surface area contributed by atoms with E-state index >= 15 is 0 Å². The molecular weight excluding hydrogens is 262 g/mol. The fourth-order valence-corrected chi connectivity index (χ4v) is 2.14. The number of rotatable bonds is 7. The molecule has 2 unspecified atom stereocenters. The molecule has 116 valence electrons. The van der Waals surface area contributed by atoms with Crippen LogP contribution in [0.15, 0.2) is 0 Å². The molecular formula is C13H25N3O4. The molecule has 7 nitrogen and oxygen atoms in total.